The highest BCUT2D eigenvalue weighted by molar-refractivity contribution is 5.87. The van der Waals surface area contributed by atoms with Crippen molar-refractivity contribution in [2.24, 2.45) is 0 Å². The number of nitrogens with zero attached hydrogens (tertiary/aromatic N) is 1. The van der Waals surface area contributed by atoms with Crippen molar-refractivity contribution in [3.63, 3.8) is 0 Å². The van der Waals surface area contributed by atoms with Gasteiger partial charge in [0, 0.05) is 19.5 Å². The largest absolute Gasteiger partial charge is 0.497 e. The van der Waals surface area contributed by atoms with Gasteiger partial charge in [0.25, 0.3) is 0 Å². The van der Waals surface area contributed by atoms with Gasteiger partial charge in [0.05, 0.1) is 7.11 Å². The van der Waals surface area contributed by atoms with Gasteiger partial charge in [-0.25, -0.2) is 0 Å². The molecule has 0 saturated carbocycles. The fourth-order valence-corrected chi connectivity index (χ4v) is 3.40. The summed E-state index contributed by atoms with van der Waals surface area (Å²) in [5, 5.41) is 2.83. The van der Waals surface area contributed by atoms with Gasteiger partial charge in [-0.05, 0) is 54.5 Å². The second kappa shape index (κ2) is 11.0. The average molecular weight is 425 g/mol. The standard InChI is InChI=1S/C26H36N2O3/c1-7-27-25(30)19(2)28(18-21-10-15-23(31-6)16-11-21)24(29)17-12-20-8-13-22(14-9-20)26(3,4)5/h8-11,13-16,19H,7,12,17-18H2,1-6H3,(H,27,30). The molecule has 0 fully saturated rings. The summed E-state index contributed by atoms with van der Waals surface area (Å²) in [6.45, 7) is 11.1. The summed E-state index contributed by atoms with van der Waals surface area (Å²) < 4.78 is 5.21. The highest BCUT2D eigenvalue weighted by atomic mass is 16.5. The van der Waals surface area contributed by atoms with Crippen molar-refractivity contribution >= 4 is 11.8 Å². The molecule has 168 valence electrons. The summed E-state index contributed by atoms with van der Waals surface area (Å²) in [4.78, 5) is 27.3. The Bertz CT molecular complexity index is 852. The summed E-state index contributed by atoms with van der Waals surface area (Å²) in [5.74, 6) is 0.588. The van der Waals surface area contributed by atoms with Crippen molar-refractivity contribution in [3.05, 3.63) is 65.2 Å². The second-order valence-electron chi connectivity index (χ2n) is 8.89. The van der Waals surface area contributed by atoms with Gasteiger partial charge in [0.1, 0.15) is 11.8 Å². The molecule has 2 aromatic rings. The van der Waals surface area contributed by atoms with Gasteiger partial charge in [0.2, 0.25) is 11.8 Å². The molecule has 0 heterocycles. The van der Waals surface area contributed by atoms with Gasteiger partial charge in [-0.2, -0.15) is 0 Å². The number of hydrogen-bond donors (Lipinski definition) is 1. The van der Waals surface area contributed by atoms with Crippen LogP contribution in [0.15, 0.2) is 48.5 Å². The first-order valence-electron chi connectivity index (χ1n) is 10.9. The molecule has 0 aliphatic heterocycles. The highest BCUT2D eigenvalue weighted by Crippen LogP contribution is 2.23. The first-order valence-corrected chi connectivity index (χ1v) is 10.9. The number of methoxy groups -OCH3 is 1. The molecule has 0 saturated heterocycles. The molecule has 2 aromatic carbocycles. The summed E-state index contributed by atoms with van der Waals surface area (Å²) in [7, 11) is 1.62. The topological polar surface area (TPSA) is 58.6 Å². The number of ether oxygens (including phenoxy) is 1. The Hall–Kier alpha value is -2.82. The summed E-state index contributed by atoms with van der Waals surface area (Å²) in [5.41, 5.74) is 3.45. The Morgan fingerprint density at radius 2 is 1.58 bits per heavy atom. The lowest BCUT2D eigenvalue weighted by Crippen LogP contribution is -2.47. The third kappa shape index (κ3) is 7.12. The number of carbonyl (C=O) groups excluding carboxylic acids is 2. The Labute approximate surface area is 186 Å². The Morgan fingerprint density at radius 1 is 1.00 bits per heavy atom. The predicted octanol–water partition coefficient (Wildman–Crippen LogP) is 4.48. The molecule has 0 radical (unpaired) electrons. The third-order valence-corrected chi connectivity index (χ3v) is 5.48. The molecule has 2 amide bonds. The highest BCUT2D eigenvalue weighted by Gasteiger charge is 2.25. The lowest BCUT2D eigenvalue weighted by Gasteiger charge is -2.29. The molecule has 0 aromatic heterocycles. The molecule has 0 aliphatic rings. The fraction of sp³-hybridized carbons (Fsp3) is 0.462. The number of likely N-dealkylation sites (N-methyl/N-ethyl adjacent to an activating group) is 1. The quantitative estimate of drug-likeness (QED) is 0.646. The number of benzene rings is 2. The lowest BCUT2D eigenvalue weighted by molar-refractivity contribution is -0.140. The van der Waals surface area contributed by atoms with Crippen LogP contribution in [0.4, 0.5) is 0 Å². The van der Waals surface area contributed by atoms with Gasteiger partial charge < -0.3 is 15.0 Å². The Balaban J connectivity index is 2.11. The van der Waals surface area contributed by atoms with Gasteiger partial charge in [-0.15, -0.1) is 0 Å². The van der Waals surface area contributed by atoms with E-state index in [2.05, 4.69) is 50.4 Å². The molecule has 0 aliphatic carbocycles. The average Bonchev–Trinajstić information content (AvgIpc) is 2.75. The van der Waals surface area contributed by atoms with E-state index in [1.807, 2.05) is 31.2 Å². The van der Waals surface area contributed by atoms with E-state index in [0.717, 1.165) is 16.9 Å². The summed E-state index contributed by atoms with van der Waals surface area (Å²) in [6, 6.07) is 15.5. The van der Waals surface area contributed by atoms with Crippen molar-refractivity contribution in [2.75, 3.05) is 13.7 Å². The van der Waals surface area contributed by atoms with Crippen LogP contribution in [0, 0.1) is 0 Å². The van der Waals surface area contributed by atoms with Crippen LogP contribution in [0.3, 0.4) is 0 Å². The SMILES string of the molecule is CCNC(=O)C(C)N(Cc1ccc(OC)cc1)C(=O)CCc1ccc(C(C)(C)C)cc1. The maximum atomic E-state index is 13.1. The van der Waals surface area contributed by atoms with Crippen LogP contribution in [-0.2, 0) is 28.0 Å². The van der Waals surface area contributed by atoms with Crippen LogP contribution in [0.5, 0.6) is 5.75 Å². The summed E-state index contributed by atoms with van der Waals surface area (Å²) in [6.07, 6.45) is 0.999. The Morgan fingerprint density at radius 3 is 2.10 bits per heavy atom. The smallest absolute Gasteiger partial charge is 0.242 e. The van der Waals surface area contributed by atoms with E-state index in [0.29, 0.717) is 25.9 Å². The van der Waals surface area contributed by atoms with Crippen molar-refractivity contribution in [3.8, 4) is 5.75 Å². The minimum absolute atomic E-state index is 0.0329. The molecule has 1 unspecified atom stereocenters. The first kappa shape index (κ1) is 24.4. The maximum Gasteiger partial charge on any atom is 0.242 e. The van der Waals surface area contributed by atoms with E-state index in [9.17, 15) is 9.59 Å². The van der Waals surface area contributed by atoms with Crippen LogP contribution in [-0.4, -0.2) is 36.4 Å². The van der Waals surface area contributed by atoms with Crippen molar-refractivity contribution in [1.29, 1.82) is 0 Å². The third-order valence-electron chi connectivity index (χ3n) is 5.48. The van der Waals surface area contributed by atoms with Gasteiger partial charge in [0.15, 0.2) is 0 Å². The van der Waals surface area contributed by atoms with Crippen molar-refractivity contribution < 1.29 is 14.3 Å². The monoisotopic (exact) mass is 424 g/mol. The molecule has 1 atom stereocenters. The summed E-state index contributed by atoms with van der Waals surface area (Å²) >= 11 is 0. The zero-order chi connectivity index (χ0) is 23.0. The van der Waals surface area contributed by atoms with E-state index < -0.39 is 6.04 Å². The number of amides is 2. The molecule has 0 bridgehead atoms. The number of carbonyl (C=O) groups is 2. The van der Waals surface area contributed by atoms with E-state index in [4.69, 9.17) is 4.74 Å². The zero-order valence-corrected chi connectivity index (χ0v) is 19.7. The zero-order valence-electron chi connectivity index (χ0n) is 19.7. The normalized spacial score (nSPS) is 12.2. The van der Waals surface area contributed by atoms with Gasteiger partial charge >= 0.3 is 0 Å². The van der Waals surface area contributed by atoms with Crippen LogP contribution < -0.4 is 10.1 Å². The van der Waals surface area contributed by atoms with Crippen LogP contribution in [0.25, 0.3) is 0 Å². The number of aryl methyl sites for hydroxylation is 1. The molecule has 2 rings (SSSR count). The van der Waals surface area contributed by atoms with E-state index in [1.165, 1.54) is 5.56 Å². The Kier molecular flexibility index (Phi) is 8.66. The van der Waals surface area contributed by atoms with Gasteiger partial charge in [-0.1, -0.05) is 57.2 Å². The van der Waals surface area contributed by atoms with Crippen LogP contribution in [0.2, 0.25) is 0 Å². The number of rotatable bonds is 9. The molecule has 5 nitrogen and oxygen atoms in total. The number of nitrogens with one attached hydrogen (secondary N) is 1. The maximum absolute atomic E-state index is 13.1. The fourth-order valence-electron chi connectivity index (χ4n) is 3.40. The molecular weight excluding hydrogens is 388 g/mol. The van der Waals surface area contributed by atoms with E-state index in [-0.39, 0.29) is 17.2 Å². The lowest BCUT2D eigenvalue weighted by atomic mass is 9.86. The molecular formula is C26H36N2O3. The van der Waals surface area contributed by atoms with E-state index >= 15 is 0 Å². The minimum atomic E-state index is -0.544. The molecule has 5 heteroatoms. The number of hydrogen-bond acceptors (Lipinski definition) is 3. The molecule has 31 heavy (non-hydrogen) atoms. The van der Waals surface area contributed by atoms with Crippen LogP contribution >= 0.6 is 0 Å². The van der Waals surface area contributed by atoms with E-state index in [1.54, 1.807) is 18.9 Å². The van der Waals surface area contributed by atoms with Crippen molar-refractivity contribution in [1.82, 2.24) is 10.2 Å². The molecule has 1 N–H and O–H groups in total. The van der Waals surface area contributed by atoms with Crippen LogP contribution in [0.1, 0.15) is 57.7 Å². The minimum Gasteiger partial charge on any atom is -0.497 e. The van der Waals surface area contributed by atoms with Crippen molar-refractivity contribution in [2.45, 2.75) is 65.5 Å². The predicted molar refractivity (Wildman–Crippen MR) is 125 cm³/mol. The van der Waals surface area contributed by atoms with Gasteiger partial charge in [-0.3, -0.25) is 9.59 Å². The first-order chi connectivity index (χ1) is 14.7. The second-order valence-corrected chi connectivity index (χ2v) is 8.89. The molecule has 0 spiro atoms.